The van der Waals surface area contributed by atoms with E-state index in [1.807, 2.05) is 12.1 Å². The fourth-order valence-corrected chi connectivity index (χ4v) is 2.76. The Balaban J connectivity index is 2.20. The van der Waals surface area contributed by atoms with E-state index in [1.54, 1.807) is 6.07 Å². The fraction of sp³-hybridized carbons (Fsp3) is 0.462. The highest BCUT2D eigenvalue weighted by Crippen LogP contribution is 2.20. The summed E-state index contributed by atoms with van der Waals surface area (Å²) in [5.74, 6) is -0.146. The molecular weight excluding hydrogens is 250 g/mol. The smallest absolute Gasteiger partial charge is 0.164 e. The number of sulfone groups is 1. The second-order valence-corrected chi connectivity index (χ2v) is 6.93. The quantitative estimate of drug-likeness (QED) is 0.825. The summed E-state index contributed by atoms with van der Waals surface area (Å²) >= 11 is 0. The summed E-state index contributed by atoms with van der Waals surface area (Å²) in [7, 11) is -3.08. The summed E-state index contributed by atoms with van der Waals surface area (Å²) in [6, 6.07) is 5.67. The molecule has 18 heavy (non-hydrogen) atoms. The summed E-state index contributed by atoms with van der Waals surface area (Å²) < 4.78 is 22.2. The lowest BCUT2D eigenvalue weighted by Gasteiger charge is -2.19. The van der Waals surface area contributed by atoms with Gasteiger partial charge in [-0.1, -0.05) is 18.2 Å². The number of carbonyl (C=O) groups is 1. The van der Waals surface area contributed by atoms with Gasteiger partial charge in [0.2, 0.25) is 0 Å². The predicted octanol–water partition coefficient (Wildman–Crippen LogP) is 0.950. The van der Waals surface area contributed by atoms with Crippen LogP contribution in [0.25, 0.3) is 0 Å². The maximum Gasteiger partial charge on any atom is 0.164 e. The SMILES string of the molecule is CS(=O)(=O)CCC(=O)c1cccc2c1CCNC2. The minimum atomic E-state index is -3.08. The highest BCUT2D eigenvalue weighted by molar-refractivity contribution is 7.90. The van der Waals surface area contributed by atoms with Gasteiger partial charge in [-0.25, -0.2) is 8.42 Å². The summed E-state index contributed by atoms with van der Waals surface area (Å²) in [5, 5.41) is 3.26. The van der Waals surface area contributed by atoms with Gasteiger partial charge in [0, 0.05) is 24.8 Å². The van der Waals surface area contributed by atoms with Crippen molar-refractivity contribution in [2.45, 2.75) is 19.4 Å². The molecule has 1 aliphatic heterocycles. The molecule has 0 amide bonds. The third-order valence-electron chi connectivity index (χ3n) is 3.14. The third-order valence-corrected chi connectivity index (χ3v) is 4.09. The second-order valence-electron chi connectivity index (χ2n) is 4.67. The van der Waals surface area contributed by atoms with Gasteiger partial charge >= 0.3 is 0 Å². The lowest BCUT2D eigenvalue weighted by molar-refractivity contribution is 0.0987. The Morgan fingerprint density at radius 3 is 2.89 bits per heavy atom. The molecule has 0 aromatic heterocycles. The van der Waals surface area contributed by atoms with Crippen LogP contribution < -0.4 is 5.32 Å². The zero-order chi connectivity index (χ0) is 13.2. The average Bonchev–Trinajstić information content (AvgIpc) is 2.34. The van der Waals surface area contributed by atoms with Crippen LogP contribution in [0.4, 0.5) is 0 Å². The number of fused-ring (bicyclic) bond motifs is 1. The zero-order valence-corrected chi connectivity index (χ0v) is 11.2. The number of carbonyl (C=O) groups excluding carboxylic acids is 1. The average molecular weight is 267 g/mol. The number of hydrogen-bond acceptors (Lipinski definition) is 4. The first-order valence-electron chi connectivity index (χ1n) is 6.00. The number of nitrogens with one attached hydrogen (secondary N) is 1. The largest absolute Gasteiger partial charge is 0.312 e. The Bertz CT molecular complexity index is 564. The molecule has 1 aromatic carbocycles. The van der Waals surface area contributed by atoms with E-state index in [-0.39, 0.29) is 18.0 Å². The fourth-order valence-electron chi connectivity index (χ4n) is 2.21. The Kier molecular flexibility index (Phi) is 3.82. The molecule has 0 unspecified atom stereocenters. The maximum absolute atomic E-state index is 12.1. The number of ketones is 1. The zero-order valence-electron chi connectivity index (χ0n) is 10.4. The van der Waals surface area contributed by atoms with Crippen LogP contribution in [0.3, 0.4) is 0 Å². The number of rotatable bonds is 4. The Labute approximate surface area is 107 Å². The van der Waals surface area contributed by atoms with Gasteiger partial charge in [-0.2, -0.15) is 0 Å². The van der Waals surface area contributed by atoms with Crippen molar-refractivity contribution in [1.82, 2.24) is 5.32 Å². The minimum Gasteiger partial charge on any atom is -0.312 e. The Morgan fingerprint density at radius 2 is 2.17 bits per heavy atom. The lowest BCUT2D eigenvalue weighted by atomic mass is 9.92. The van der Waals surface area contributed by atoms with E-state index in [4.69, 9.17) is 0 Å². The van der Waals surface area contributed by atoms with E-state index in [0.717, 1.165) is 36.9 Å². The van der Waals surface area contributed by atoms with Gasteiger partial charge in [-0.3, -0.25) is 4.79 Å². The van der Waals surface area contributed by atoms with Crippen LogP contribution in [0.15, 0.2) is 18.2 Å². The molecule has 0 radical (unpaired) electrons. The Morgan fingerprint density at radius 1 is 1.39 bits per heavy atom. The predicted molar refractivity (Wildman–Crippen MR) is 70.5 cm³/mol. The molecule has 0 atom stereocenters. The van der Waals surface area contributed by atoms with Gasteiger partial charge in [0.25, 0.3) is 0 Å². The van der Waals surface area contributed by atoms with Crippen molar-refractivity contribution in [2.75, 3.05) is 18.6 Å². The van der Waals surface area contributed by atoms with E-state index in [9.17, 15) is 13.2 Å². The highest BCUT2D eigenvalue weighted by atomic mass is 32.2. The van der Waals surface area contributed by atoms with Crippen molar-refractivity contribution >= 4 is 15.6 Å². The van der Waals surface area contributed by atoms with Crippen LogP contribution in [-0.4, -0.2) is 32.8 Å². The number of hydrogen-bond donors (Lipinski definition) is 1. The molecule has 0 saturated heterocycles. The first kappa shape index (κ1) is 13.2. The first-order valence-corrected chi connectivity index (χ1v) is 8.06. The number of Topliss-reactive ketones (excluding diaryl/α,β-unsaturated/α-hetero) is 1. The molecule has 1 heterocycles. The molecule has 98 valence electrons. The van der Waals surface area contributed by atoms with Crippen molar-refractivity contribution < 1.29 is 13.2 Å². The van der Waals surface area contributed by atoms with Crippen molar-refractivity contribution in [3.8, 4) is 0 Å². The standard InChI is InChI=1S/C13H17NO3S/c1-18(16,17)8-6-13(15)12-4-2-3-10-9-14-7-5-11(10)12/h2-4,14H,5-9H2,1H3. The van der Waals surface area contributed by atoms with E-state index in [0.29, 0.717) is 5.56 Å². The lowest BCUT2D eigenvalue weighted by Crippen LogP contribution is -2.25. The van der Waals surface area contributed by atoms with Gasteiger partial charge in [-0.05, 0) is 24.1 Å². The first-order chi connectivity index (χ1) is 8.47. The van der Waals surface area contributed by atoms with E-state index in [2.05, 4.69) is 5.32 Å². The molecule has 1 N–H and O–H groups in total. The molecule has 5 heteroatoms. The monoisotopic (exact) mass is 267 g/mol. The normalized spacial score (nSPS) is 15.2. The van der Waals surface area contributed by atoms with Crippen molar-refractivity contribution in [1.29, 1.82) is 0 Å². The molecule has 0 fully saturated rings. The van der Waals surface area contributed by atoms with Crippen molar-refractivity contribution in [3.05, 3.63) is 34.9 Å². The topological polar surface area (TPSA) is 63.2 Å². The van der Waals surface area contributed by atoms with Crippen LogP contribution >= 0.6 is 0 Å². The minimum absolute atomic E-state index is 0.0702. The summed E-state index contributed by atoms with van der Waals surface area (Å²) in [6.45, 7) is 1.64. The molecule has 0 spiro atoms. The molecule has 1 aliphatic rings. The number of benzene rings is 1. The second kappa shape index (κ2) is 5.20. The van der Waals surface area contributed by atoms with Crippen LogP contribution in [0.1, 0.15) is 27.9 Å². The third kappa shape index (κ3) is 3.17. The van der Waals surface area contributed by atoms with E-state index in [1.165, 1.54) is 0 Å². The molecule has 1 aromatic rings. The maximum atomic E-state index is 12.1. The van der Waals surface area contributed by atoms with Gasteiger partial charge in [-0.15, -0.1) is 0 Å². The van der Waals surface area contributed by atoms with Crippen molar-refractivity contribution in [3.63, 3.8) is 0 Å². The van der Waals surface area contributed by atoms with Crippen molar-refractivity contribution in [2.24, 2.45) is 0 Å². The van der Waals surface area contributed by atoms with Crippen LogP contribution in [0.5, 0.6) is 0 Å². The van der Waals surface area contributed by atoms with Gasteiger partial charge < -0.3 is 5.32 Å². The molecular formula is C13H17NO3S. The van der Waals surface area contributed by atoms with Gasteiger partial charge in [0.1, 0.15) is 9.84 Å². The summed E-state index contributed by atoms with van der Waals surface area (Å²) in [5.41, 5.74) is 2.92. The van der Waals surface area contributed by atoms with Gasteiger partial charge in [0.15, 0.2) is 5.78 Å². The molecule has 4 nitrogen and oxygen atoms in total. The van der Waals surface area contributed by atoms with Crippen LogP contribution in [0.2, 0.25) is 0 Å². The Hall–Kier alpha value is -1.20. The molecule has 2 rings (SSSR count). The van der Waals surface area contributed by atoms with E-state index < -0.39 is 9.84 Å². The molecule has 0 aliphatic carbocycles. The van der Waals surface area contributed by atoms with E-state index >= 15 is 0 Å². The molecule has 0 bridgehead atoms. The summed E-state index contributed by atoms with van der Waals surface area (Å²) in [6.07, 6.45) is 2.06. The summed E-state index contributed by atoms with van der Waals surface area (Å²) in [4.78, 5) is 12.1. The highest BCUT2D eigenvalue weighted by Gasteiger charge is 2.18. The molecule has 0 saturated carbocycles. The van der Waals surface area contributed by atoms with Crippen LogP contribution in [-0.2, 0) is 22.8 Å². The van der Waals surface area contributed by atoms with Gasteiger partial charge in [0.05, 0.1) is 5.75 Å². The van der Waals surface area contributed by atoms with Crippen LogP contribution in [0, 0.1) is 0 Å².